The topological polar surface area (TPSA) is 89.3 Å². The van der Waals surface area contributed by atoms with Crippen molar-refractivity contribution in [2.75, 3.05) is 38.2 Å². The van der Waals surface area contributed by atoms with Gasteiger partial charge in [0.2, 0.25) is 0 Å². The van der Waals surface area contributed by atoms with E-state index in [2.05, 4.69) is 40.9 Å². The quantitative estimate of drug-likeness (QED) is 0.606. The Kier molecular flexibility index (Phi) is 5.20. The molecule has 1 saturated heterocycles. The zero-order valence-electron chi connectivity index (χ0n) is 15.2. The molecule has 9 nitrogen and oxygen atoms in total. The summed E-state index contributed by atoms with van der Waals surface area (Å²) in [7, 11) is 1.59. The minimum absolute atomic E-state index is 0.0172. The van der Waals surface area contributed by atoms with Gasteiger partial charge in [-0.25, -0.2) is 19.6 Å². The molecule has 3 heterocycles. The molecule has 4 rings (SSSR count). The molecule has 10 heteroatoms. The Morgan fingerprint density at radius 2 is 1.86 bits per heavy atom. The molecule has 0 radical (unpaired) electrons. The van der Waals surface area contributed by atoms with Crippen LogP contribution in [0.2, 0.25) is 0 Å². The fraction of sp³-hybridized carbons (Fsp3) is 0.278. The molecule has 1 amide bonds. The van der Waals surface area contributed by atoms with Crippen molar-refractivity contribution in [2.45, 2.75) is 0 Å². The molecule has 0 saturated carbocycles. The second-order valence-corrected chi connectivity index (χ2v) is 7.05. The molecular formula is C18H18BrN7O2. The number of nitrogens with zero attached hydrogens (tertiary/aromatic N) is 7. The maximum Gasteiger partial charge on any atom is 0.255 e. The first-order chi connectivity index (χ1) is 13.7. The highest BCUT2D eigenvalue weighted by Gasteiger charge is 2.24. The molecule has 144 valence electrons. The molecular weight excluding hydrogens is 426 g/mol. The summed E-state index contributed by atoms with van der Waals surface area (Å²) in [6.45, 7) is 2.57. The number of hydrogen-bond acceptors (Lipinski definition) is 7. The highest BCUT2D eigenvalue weighted by atomic mass is 79.9. The Bertz CT molecular complexity index is 972. The molecule has 28 heavy (non-hydrogen) atoms. The Morgan fingerprint density at radius 3 is 2.57 bits per heavy atom. The average molecular weight is 444 g/mol. The van der Waals surface area contributed by atoms with Crippen molar-refractivity contribution in [1.82, 2.24) is 29.6 Å². The van der Waals surface area contributed by atoms with Gasteiger partial charge in [-0.15, -0.1) is 0 Å². The highest BCUT2D eigenvalue weighted by Crippen LogP contribution is 2.25. The summed E-state index contributed by atoms with van der Waals surface area (Å²) in [6, 6.07) is 7.27. The van der Waals surface area contributed by atoms with E-state index in [1.165, 1.54) is 12.7 Å². The van der Waals surface area contributed by atoms with Gasteiger partial charge in [-0.1, -0.05) is 0 Å². The molecule has 0 N–H and O–H groups in total. The number of ether oxygens (including phenoxy) is 1. The van der Waals surface area contributed by atoms with Crippen LogP contribution in [0.3, 0.4) is 0 Å². The van der Waals surface area contributed by atoms with Crippen LogP contribution >= 0.6 is 15.9 Å². The fourth-order valence-electron chi connectivity index (χ4n) is 3.07. The van der Waals surface area contributed by atoms with Crippen LogP contribution in [-0.2, 0) is 0 Å². The number of carbonyl (C=O) groups excluding carboxylic acids is 1. The van der Waals surface area contributed by atoms with Crippen LogP contribution in [0.5, 0.6) is 5.75 Å². The number of methoxy groups -OCH3 is 1. The second-order valence-electron chi connectivity index (χ2n) is 6.20. The molecule has 1 aliphatic heterocycles. The van der Waals surface area contributed by atoms with Crippen molar-refractivity contribution in [3.63, 3.8) is 0 Å². The third-order valence-corrected chi connectivity index (χ3v) is 5.28. The van der Waals surface area contributed by atoms with Gasteiger partial charge in [0.15, 0.2) is 5.82 Å². The average Bonchev–Trinajstić information content (AvgIpc) is 3.29. The van der Waals surface area contributed by atoms with Gasteiger partial charge < -0.3 is 14.5 Å². The molecule has 0 atom stereocenters. The largest absolute Gasteiger partial charge is 0.497 e. The summed E-state index contributed by atoms with van der Waals surface area (Å²) in [5.74, 6) is 2.10. The van der Waals surface area contributed by atoms with Gasteiger partial charge >= 0.3 is 0 Å². The van der Waals surface area contributed by atoms with Gasteiger partial charge in [0.05, 0.1) is 12.7 Å². The van der Waals surface area contributed by atoms with Gasteiger partial charge in [0.25, 0.3) is 5.91 Å². The third kappa shape index (κ3) is 3.68. The maximum absolute atomic E-state index is 12.9. The number of piperazine rings is 1. The van der Waals surface area contributed by atoms with E-state index in [1.54, 1.807) is 24.2 Å². The fourth-order valence-corrected chi connectivity index (χ4v) is 3.48. The van der Waals surface area contributed by atoms with Crippen LogP contribution in [0.25, 0.3) is 5.82 Å². The van der Waals surface area contributed by atoms with Crippen molar-refractivity contribution in [2.24, 2.45) is 0 Å². The number of hydrogen-bond donors (Lipinski definition) is 0. The van der Waals surface area contributed by atoms with Crippen LogP contribution in [0, 0.1) is 0 Å². The second kappa shape index (κ2) is 7.93. The predicted molar refractivity (Wildman–Crippen MR) is 106 cm³/mol. The number of carbonyl (C=O) groups is 1. The lowest BCUT2D eigenvalue weighted by Gasteiger charge is -2.35. The summed E-state index contributed by atoms with van der Waals surface area (Å²) < 4.78 is 7.59. The van der Waals surface area contributed by atoms with Crippen LogP contribution in [0.1, 0.15) is 10.4 Å². The number of amides is 1. The first-order valence-corrected chi connectivity index (χ1v) is 9.50. The highest BCUT2D eigenvalue weighted by molar-refractivity contribution is 9.10. The van der Waals surface area contributed by atoms with Crippen LogP contribution in [0.15, 0.2) is 47.7 Å². The molecule has 0 spiro atoms. The minimum atomic E-state index is -0.0172. The van der Waals surface area contributed by atoms with Crippen LogP contribution in [-0.4, -0.2) is 68.8 Å². The summed E-state index contributed by atoms with van der Waals surface area (Å²) in [4.78, 5) is 29.4. The van der Waals surface area contributed by atoms with E-state index in [-0.39, 0.29) is 5.91 Å². The van der Waals surface area contributed by atoms with Gasteiger partial charge in [0.1, 0.15) is 30.5 Å². The Balaban J connectivity index is 1.45. The van der Waals surface area contributed by atoms with Gasteiger partial charge in [-0.3, -0.25) is 4.79 Å². The van der Waals surface area contributed by atoms with E-state index < -0.39 is 0 Å². The van der Waals surface area contributed by atoms with E-state index in [1.807, 2.05) is 23.1 Å². The van der Waals surface area contributed by atoms with Crippen molar-refractivity contribution in [3.05, 3.63) is 53.3 Å². The Hall–Kier alpha value is -3.01. The van der Waals surface area contributed by atoms with E-state index in [0.29, 0.717) is 43.3 Å². The molecule has 0 aliphatic carbocycles. The lowest BCUT2D eigenvalue weighted by atomic mass is 10.1. The molecule has 0 unspecified atom stereocenters. The molecule has 1 aromatic carbocycles. The standard InChI is InChI=1S/C18H18BrN7O2/c1-28-13-2-3-15(19)14(8-13)18(27)25-6-4-24(5-7-25)16-9-17(22-11-21-16)26-12-20-10-23-26/h2-3,8-12H,4-7H2,1H3. The summed E-state index contributed by atoms with van der Waals surface area (Å²) >= 11 is 3.46. The first kappa shape index (κ1) is 18.4. The summed E-state index contributed by atoms with van der Waals surface area (Å²) in [6.07, 6.45) is 4.56. The zero-order chi connectivity index (χ0) is 19.5. The molecule has 0 bridgehead atoms. The molecule has 3 aromatic rings. The van der Waals surface area contributed by atoms with Gasteiger partial charge in [-0.2, -0.15) is 5.10 Å². The van der Waals surface area contributed by atoms with E-state index in [9.17, 15) is 4.79 Å². The minimum Gasteiger partial charge on any atom is -0.497 e. The first-order valence-electron chi connectivity index (χ1n) is 8.70. The Labute approximate surface area is 170 Å². The van der Waals surface area contributed by atoms with Crippen molar-refractivity contribution >= 4 is 27.7 Å². The van der Waals surface area contributed by atoms with Crippen molar-refractivity contribution in [1.29, 1.82) is 0 Å². The number of halogens is 1. The van der Waals surface area contributed by atoms with Crippen LogP contribution < -0.4 is 9.64 Å². The third-order valence-electron chi connectivity index (χ3n) is 4.59. The van der Waals surface area contributed by atoms with Crippen molar-refractivity contribution in [3.8, 4) is 11.6 Å². The predicted octanol–water partition coefficient (Wildman–Crippen LogP) is 1.79. The number of anilines is 1. The molecule has 1 fully saturated rings. The van der Waals surface area contributed by atoms with Gasteiger partial charge in [-0.05, 0) is 34.1 Å². The lowest BCUT2D eigenvalue weighted by Crippen LogP contribution is -2.49. The summed E-state index contributed by atoms with van der Waals surface area (Å²) in [5, 5.41) is 4.09. The van der Waals surface area contributed by atoms with E-state index >= 15 is 0 Å². The van der Waals surface area contributed by atoms with E-state index in [4.69, 9.17) is 4.74 Å². The Morgan fingerprint density at radius 1 is 1.07 bits per heavy atom. The van der Waals surface area contributed by atoms with Crippen LogP contribution in [0.4, 0.5) is 5.82 Å². The smallest absolute Gasteiger partial charge is 0.255 e. The monoisotopic (exact) mass is 443 g/mol. The van der Waals surface area contributed by atoms with Crippen molar-refractivity contribution < 1.29 is 9.53 Å². The molecule has 2 aromatic heterocycles. The van der Waals surface area contributed by atoms with E-state index in [0.717, 1.165) is 10.3 Å². The number of benzene rings is 1. The lowest BCUT2D eigenvalue weighted by molar-refractivity contribution is 0.0745. The number of aromatic nitrogens is 5. The maximum atomic E-state index is 12.9. The SMILES string of the molecule is COc1ccc(Br)c(C(=O)N2CCN(c3cc(-n4cncn4)ncn3)CC2)c1. The van der Waals surface area contributed by atoms with Gasteiger partial charge in [0, 0.05) is 36.7 Å². The zero-order valence-corrected chi connectivity index (χ0v) is 16.8. The number of rotatable bonds is 4. The molecule has 1 aliphatic rings. The normalized spacial score (nSPS) is 14.2. The summed E-state index contributed by atoms with van der Waals surface area (Å²) in [5.41, 5.74) is 0.600.